The van der Waals surface area contributed by atoms with Crippen LogP contribution in [0.2, 0.25) is 0 Å². The fourth-order valence-corrected chi connectivity index (χ4v) is 2.62. The van der Waals surface area contributed by atoms with E-state index in [1.54, 1.807) is 7.11 Å². The van der Waals surface area contributed by atoms with Crippen LogP contribution in [0.15, 0.2) is 30.3 Å². The van der Waals surface area contributed by atoms with Crippen molar-refractivity contribution in [2.45, 2.75) is 44.6 Å². The standard InChI is InChI=1S/C19H30O5/c1-3-10-19(12-13-20,11-9-18-7-5-4-6-8-18)24-17-23-16-22-15-14-21-2/h4-8,13H,3,9-12,14-17H2,1-2H3/t19-/m1/s1. The molecule has 0 aliphatic rings. The number of aldehydes is 1. The van der Waals surface area contributed by atoms with Gasteiger partial charge in [-0.1, -0.05) is 43.7 Å². The molecule has 0 saturated heterocycles. The molecule has 5 nitrogen and oxygen atoms in total. The highest BCUT2D eigenvalue weighted by atomic mass is 16.7. The summed E-state index contributed by atoms with van der Waals surface area (Å²) in [5.41, 5.74) is 0.773. The van der Waals surface area contributed by atoms with Gasteiger partial charge >= 0.3 is 0 Å². The van der Waals surface area contributed by atoms with Crippen LogP contribution < -0.4 is 0 Å². The Morgan fingerprint density at radius 2 is 1.83 bits per heavy atom. The Morgan fingerprint density at radius 1 is 1.04 bits per heavy atom. The number of hydrogen-bond donors (Lipinski definition) is 0. The molecule has 1 rings (SSSR count). The first kappa shape index (κ1) is 20.8. The van der Waals surface area contributed by atoms with Crippen molar-refractivity contribution in [3.05, 3.63) is 35.9 Å². The smallest absolute Gasteiger partial charge is 0.150 e. The summed E-state index contributed by atoms with van der Waals surface area (Å²) in [4.78, 5) is 11.2. The van der Waals surface area contributed by atoms with Crippen molar-refractivity contribution in [3.8, 4) is 0 Å². The number of aryl methyl sites for hydroxylation is 1. The van der Waals surface area contributed by atoms with Crippen LogP contribution in [-0.4, -0.2) is 45.8 Å². The molecule has 0 N–H and O–H groups in total. The SMILES string of the molecule is CCC[C@](CC=O)(CCc1ccccc1)OCOCOCCOC. The third-order valence-electron chi connectivity index (χ3n) is 3.92. The zero-order valence-electron chi connectivity index (χ0n) is 14.9. The van der Waals surface area contributed by atoms with E-state index in [0.29, 0.717) is 19.6 Å². The van der Waals surface area contributed by atoms with Gasteiger partial charge in [-0.05, 0) is 24.8 Å². The molecule has 0 aliphatic carbocycles. The summed E-state index contributed by atoms with van der Waals surface area (Å²) in [5.74, 6) is 0. The van der Waals surface area contributed by atoms with Crippen molar-refractivity contribution in [3.63, 3.8) is 0 Å². The number of benzene rings is 1. The summed E-state index contributed by atoms with van der Waals surface area (Å²) in [5, 5.41) is 0. The van der Waals surface area contributed by atoms with Gasteiger partial charge < -0.3 is 23.7 Å². The molecule has 0 fully saturated rings. The lowest BCUT2D eigenvalue weighted by Gasteiger charge is -2.32. The van der Waals surface area contributed by atoms with E-state index in [-0.39, 0.29) is 13.6 Å². The maximum atomic E-state index is 11.2. The van der Waals surface area contributed by atoms with Crippen molar-refractivity contribution < 1.29 is 23.7 Å². The largest absolute Gasteiger partial charge is 0.382 e. The van der Waals surface area contributed by atoms with Crippen LogP contribution in [0.25, 0.3) is 0 Å². The molecule has 0 heterocycles. The monoisotopic (exact) mass is 338 g/mol. The van der Waals surface area contributed by atoms with Crippen molar-refractivity contribution >= 4 is 6.29 Å². The third kappa shape index (κ3) is 8.55. The molecule has 0 amide bonds. The Bertz CT molecular complexity index is 423. The van der Waals surface area contributed by atoms with Crippen LogP contribution >= 0.6 is 0 Å². The molecule has 0 spiro atoms. The lowest BCUT2D eigenvalue weighted by molar-refractivity contribution is -0.188. The van der Waals surface area contributed by atoms with Gasteiger partial charge in [0.1, 0.15) is 19.9 Å². The number of rotatable bonds is 15. The maximum absolute atomic E-state index is 11.2. The zero-order valence-corrected chi connectivity index (χ0v) is 14.9. The highest BCUT2D eigenvalue weighted by molar-refractivity contribution is 5.51. The minimum atomic E-state index is -0.473. The first-order valence-electron chi connectivity index (χ1n) is 8.52. The van der Waals surface area contributed by atoms with Crippen LogP contribution in [0, 0.1) is 0 Å². The Hall–Kier alpha value is -1.27. The molecular formula is C19H30O5. The van der Waals surface area contributed by atoms with E-state index in [4.69, 9.17) is 18.9 Å². The Labute approximate surface area is 145 Å². The minimum Gasteiger partial charge on any atom is -0.382 e. The predicted molar refractivity (Wildman–Crippen MR) is 92.8 cm³/mol. The Morgan fingerprint density at radius 3 is 2.50 bits per heavy atom. The van der Waals surface area contributed by atoms with Crippen molar-refractivity contribution in [2.24, 2.45) is 0 Å². The fourth-order valence-electron chi connectivity index (χ4n) is 2.62. The van der Waals surface area contributed by atoms with Gasteiger partial charge in [0.15, 0.2) is 0 Å². The van der Waals surface area contributed by atoms with Gasteiger partial charge in [0.05, 0.1) is 18.8 Å². The summed E-state index contributed by atoms with van der Waals surface area (Å²) in [6.45, 7) is 3.40. The highest BCUT2D eigenvalue weighted by Crippen LogP contribution is 2.28. The van der Waals surface area contributed by atoms with E-state index in [1.165, 1.54) is 5.56 Å². The second-order valence-electron chi connectivity index (χ2n) is 5.77. The van der Waals surface area contributed by atoms with E-state index in [2.05, 4.69) is 19.1 Å². The quantitative estimate of drug-likeness (QED) is 0.279. The van der Waals surface area contributed by atoms with Gasteiger partial charge in [0.2, 0.25) is 0 Å². The maximum Gasteiger partial charge on any atom is 0.150 e. The van der Waals surface area contributed by atoms with Gasteiger partial charge in [-0.25, -0.2) is 0 Å². The molecule has 0 unspecified atom stereocenters. The molecule has 0 radical (unpaired) electrons. The lowest BCUT2D eigenvalue weighted by atomic mass is 9.87. The third-order valence-corrected chi connectivity index (χ3v) is 3.92. The van der Waals surface area contributed by atoms with E-state index < -0.39 is 5.60 Å². The first-order chi connectivity index (χ1) is 11.8. The molecule has 24 heavy (non-hydrogen) atoms. The number of ether oxygens (including phenoxy) is 4. The van der Waals surface area contributed by atoms with Crippen LogP contribution in [0.5, 0.6) is 0 Å². The van der Waals surface area contributed by atoms with Crippen molar-refractivity contribution in [1.82, 2.24) is 0 Å². The minimum absolute atomic E-state index is 0.121. The normalized spacial score (nSPS) is 13.6. The van der Waals surface area contributed by atoms with E-state index >= 15 is 0 Å². The molecule has 1 aromatic carbocycles. The Kier molecular flexibility index (Phi) is 11.3. The summed E-state index contributed by atoms with van der Waals surface area (Å²) < 4.78 is 21.5. The number of carbonyl (C=O) groups excluding carboxylic acids is 1. The van der Waals surface area contributed by atoms with Crippen LogP contribution in [-0.2, 0) is 30.2 Å². The number of methoxy groups -OCH3 is 1. The summed E-state index contributed by atoms with van der Waals surface area (Å²) in [6, 6.07) is 10.2. The molecule has 0 bridgehead atoms. The Balaban J connectivity index is 2.46. The molecule has 0 aliphatic heterocycles. The second kappa shape index (κ2) is 13.1. The fraction of sp³-hybridized carbons (Fsp3) is 0.632. The predicted octanol–water partition coefficient (Wildman–Crippen LogP) is 3.36. The van der Waals surface area contributed by atoms with E-state index in [1.807, 2.05) is 18.2 Å². The van der Waals surface area contributed by atoms with Gasteiger partial charge in [-0.2, -0.15) is 0 Å². The van der Waals surface area contributed by atoms with Crippen LogP contribution in [0.1, 0.15) is 38.2 Å². The van der Waals surface area contributed by atoms with Crippen molar-refractivity contribution in [2.75, 3.05) is 33.9 Å². The molecule has 0 saturated carbocycles. The van der Waals surface area contributed by atoms with E-state index in [9.17, 15) is 4.79 Å². The topological polar surface area (TPSA) is 54.0 Å². The van der Waals surface area contributed by atoms with Gasteiger partial charge in [0, 0.05) is 13.5 Å². The molecule has 1 atom stereocenters. The first-order valence-corrected chi connectivity index (χ1v) is 8.52. The average molecular weight is 338 g/mol. The van der Waals surface area contributed by atoms with Crippen LogP contribution in [0.3, 0.4) is 0 Å². The lowest BCUT2D eigenvalue weighted by Crippen LogP contribution is -2.35. The summed E-state index contributed by atoms with van der Waals surface area (Å²) in [7, 11) is 1.62. The highest BCUT2D eigenvalue weighted by Gasteiger charge is 2.29. The van der Waals surface area contributed by atoms with Crippen molar-refractivity contribution in [1.29, 1.82) is 0 Å². The van der Waals surface area contributed by atoms with Gasteiger partial charge in [-0.3, -0.25) is 0 Å². The van der Waals surface area contributed by atoms with E-state index in [0.717, 1.165) is 32.0 Å². The molecule has 1 aromatic rings. The molecule has 0 aromatic heterocycles. The van der Waals surface area contributed by atoms with Gasteiger partial charge in [0.25, 0.3) is 0 Å². The zero-order chi connectivity index (χ0) is 17.5. The molecular weight excluding hydrogens is 308 g/mol. The van der Waals surface area contributed by atoms with Crippen LogP contribution in [0.4, 0.5) is 0 Å². The second-order valence-corrected chi connectivity index (χ2v) is 5.77. The number of hydrogen-bond acceptors (Lipinski definition) is 5. The molecule has 136 valence electrons. The van der Waals surface area contributed by atoms with Gasteiger partial charge in [-0.15, -0.1) is 0 Å². The number of carbonyl (C=O) groups is 1. The molecule has 5 heteroatoms. The summed E-state index contributed by atoms with van der Waals surface area (Å²) >= 11 is 0. The average Bonchev–Trinajstić information content (AvgIpc) is 2.61. The summed E-state index contributed by atoms with van der Waals surface area (Å²) in [6.07, 6.45) is 4.76.